The highest BCUT2D eigenvalue weighted by Crippen LogP contribution is 2.46. The molecule has 4 unspecified atom stereocenters. The summed E-state index contributed by atoms with van der Waals surface area (Å²) in [6.07, 6.45) is 6.05. The highest BCUT2D eigenvalue weighted by molar-refractivity contribution is 7.90. The van der Waals surface area contributed by atoms with E-state index in [9.17, 15) is 26.4 Å². The topological polar surface area (TPSA) is 236 Å². The molecule has 458 valence electrons. The number of likely N-dealkylation sites (N-methyl/N-ethyl adjacent to an activating group) is 2. The zero-order valence-electron chi connectivity index (χ0n) is 47.0. The number of hydrogen-bond acceptors (Lipinski definition) is 14. The second kappa shape index (κ2) is 33.7. The number of nitrogens with zero attached hydrogens (tertiary/aromatic N) is 2. The number of urea groups is 2. The zero-order valence-corrected chi connectivity index (χ0v) is 51.7. The Morgan fingerprint density at radius 1 is 0.500 bits per heavy atom. The minimum absolute atomic E-state index is 0.173. The standard InChI is InChI=1S/C56H82Cl4N8O12S2/c1-67-35-49(47-31-41(57)33-53(59)51(47)37-67)39-5-3-7-45(29-39)81(71,72)63-15-19-77-23-27-79-25-21-75-17-13-61-55(69)65-43-9-11-44(12-10-43)66-56(70)62-14-18-76-22-26-80-28-24-78-20-16-64-82(73,74)46-8-4-6-40(30-46)50-36-68(2)38-52-48(50)32-42(58)34-54(52)60/h9-12,31-34,39-40,45-46,49-50,63-64H,3-8,13-30,35-38H2,1-2H3,(H2,61,65,69)(H2,62,66,70)/t39?,40?,45?,46?,49-,50-/m0/s1. The number of halogens is 4. The summed E-state index contributed by atoms with van der Waals surface area (Å²) in [6.45, 7) is 7.65. The van der Waals surface area contributed by atoms with Crippen molar-refractivity contribution in [2.24, 2.45) is 11.8 Å². The highest BCUT2D eigenvalue weighted by Gasteiger charge is 2.40. The molecule has 2 fully saturated rings. The van der Waals surface area contributed by atoms with Crippen LogP contribution in [-0.2, 0) is 61.6 Å². The second-order valence-electron chi connectivity index (χ2n) is 21.5. The van der Waals surface area contributed by atoms with E-state index in [4.69, 9.17) is 74.8 Å². The number of carbonyl (C=O) groups excluding carboxylic acids is 2. The molecule has 0 bridgehead atoms. The maximum absolute atomic E-state index is 13.3. The van der Waals surface area contributed by atoms with Gasteiger partial charge in [0.25, 0.3) is 0 Å². The second-order valence-corrected chi connectivity index (χ2v) is 27.3. The van der Waals surface area contributed by atoms with Gasteiger partial charge < -0.3 is 59.5 Å². The van der Waals surface area contributed by atoms with Crippen molar-refractivity contribution in [2.45, 2.75) is 86.8 Å². The lowest BCUT2D eigenvalue weighted by Crippen LogP contribution is -2.42. The van der Waals surface area contributed by atoms with Gasteiger partial charge in [0.05, 0.1) is 89.8 Å². The molecule has 20 nitrogen and oxygen atoms in total. The number of ether oxygens (including phenoxy) is 6. The first-order valence-electron chi connectivity index (χ1n) is 28.4. The van der Waals surface area contributed by atoms with Gasteiger partial charge in [-0.3, -0.25) is 0 Å². The summed E-state index contributed by atoms with van der Waals surface area (Å²) in [6, 6.07) is 13.4. The van der Waals surface area contributed by atoms with Crippen molar-refractivity contribution in [1.82, 2.24) is 29.9 Å². The Morgan fingerprint density at radius 2 is 0.841 bits per heavy atom. The fourth-order valence-corrected chi connectivity index (χ4v) is 15.8. The molecule has 4 aliphatic rings. The van der Waals surface area contributed by atoms with E-state index in [1.54, 1.807) is 36.4 Å². The van der Waals surface area contributed by atoms with Crippen molar-refractivity contribution in [3.05, 3.63) is 90.9 Å². The number of fused-ring (bicyclic) bond motifs is 2. The average Bonchev–Trinajstić information content (AvgIpc) is 3.58. The molecule has 2 aliphatic heterocycles. The maximum atomic E-state index is 13.3. The molecule has 0 spiro atoms. The number of rotatable bonds is 32. The van der Waals surface area contributed by atoms with Gasteiger partial charge in [0, 0.05) is 83.8 Å². The van der Waals surface area contributed by atoms with Gasteiger partial charge in [0.1, 0.15) is 0 Å². The van der Waals surface area contributed by atoms with E-state index in [0.29, 0.717) is 110 Å². The molecule has 0 radical (unpaired) electrons. The van der Waals surface area contributed by atoms with Crippen molar-refractivity contribution < 1.29 is 54.8 Å². The van der Waals surface area contributed by atoms with Crippen LogP contribution in [0.3, 0.4) is 0 Å². The third kappa shape index (κ3) is 21.1. The van der Waals surface area contributed by atoms with Crippen molar-refractivity contribution in [3.8, 4) is 0 Å². The first-order valence-corrected chi connectivity index (χ1v) is 33.0. The van der Waals surface area contributed by atoms with Gasteiger partial charge in [-0.15, -0.1) is 0 Å². The summed E-state index contributed by atoms with van der Waals surface area (Å²) in [4.78, 5) is 29.3. The van der Waals surface area contributed by atoms with Gasteiger partial charge in [0.15, 0.2) is 0 Å². The molecular weight excluding hydrogens is 1180 g/mol. The third-order valence-electron chi connectivity index (χ3n) is 15.5. The third-order valence-corrected chi connectivity index (χ3v) is 20.4. The Bertz CT molecular complexity index is 2560. The first-order chi connectivity index (χ1) is 39.5. The molecule has 6 N–H and O–H groups in total. The maximum Gasteiger partial charge on any atom is 0.319 e. The number of amides is 4. The summed E-state index contributed by atoms with van der Waals surface area (Å²) >= 11 is 25.9. The van der Waals surface area contributed by atoms with E-state index < -0.39 is 42.6 Å². The number of anilines is 2. The van der Waals surface area contributed by atoms with Gasteiger partial charge in [0.2, 0.25) is 20.0 Å². The molecular formula is C56H82Cl4N8O12S2. The molecule has 3 aromatic carbocycles. The monoisotopic (exact) mass is 1260 g/mol. The van der Waals surface area contributed by atoms with E-state index in [2.05, 4.69) is 54.6 Å². The van der Waals surface area contributed by atoms with Gasteiger partial charge in [-0.25, -0.2) is 35.9 Å². The van der Waals surface area contributed by atoms with E-state index in [0.717, 1.165) is 74.1 Å². The summed E-state index contributed by atoms with van der Waals surface area (Å²) < 4.78 is 92.1. The number of benzene rings is 3. The smallest absolute Gasteiger partial charge is 0.319 e. The van der Waals surface area contributed by atoms with Crippen molar-refractivity contribution >= 4 is 89.9 Å². The lowest BCUT2D eigenvalue weighted by atomic mass is 9.74. The van der Waals surface area contributed by atoms with Crippen LogP contribution >= 0.6 is 46.4 Å². The van der Waals surface area contributed by atoms with Gasteiger partial charge >= 0.3 is 12.1 Å². The van der Waals surface area contributed by atoms with Crippen LogP contribution < -0.4 is 30.7 Å². The molecule has 0 aromatic heterocycles. The molecule has 2 heterocycles. The fourth-order valence-electron chi connectivity index (χ4n) is 11.5. The summed E-state index contributed by atoms with van der Waals surface area (Å²) in [5.41, 5.74) is 5.52. The quantitative estimate of drug-likeness (QED) is 0.0325. The van der Waals surface area contributed by atoms with E-state index in [1.165, 1.54) is 0 Å². The summed E-state index contributed by atoms with van der Waals surface area (Å²) in [5, 5.41) is 12.5. The number of hydrogen-bond donors (Lipinski definition) is 6. The number of carbonyl (C=O) groups is 2. The van der Waals surface area contributed by atoms with Crippen molar-refractivity contribution in [2.75, 3.05) is 143 Å². The predicted octanol–water partition coefficient (Wildman–Crippen LogP) is 8.06. The molecule has 82 heavy (non-hydrogen) atoms. The van der Waals surface area contributed by atoms with Crippen LogP contribution in [0.1, 0.15) is 85.5 Å². The van der Waals surface area contributed by atoms with Crippen LogP contribution in [-0.4, -0.2) is 182 Å². The molecule has 7 rings (SSSR count). The van der Waals surface area contributed by atoms with Crippen molar-refractivity contribution in [1.29, 1.82) is 0 Å². The highest BCUT2D eigenvalue weighted by atomic mass is 35.5. The van der Waals surface area contributed by atoms with Crippen LogP contribution in [0, 0.1) is 11.8 Å². The summed E-state index contributed by atoms with van der Waals surface area (Å²) in [7, 11) is -2.91. The van der Waals surface area contributed by atoms with Gasteiger partial charge in [-0.2, -0.15) is 0 Å². The minimum atomic E-state index is -3.52. The Morgan fingerprint density at radius 3 is 1.21 bits per heavy atom. The van der Waals surface area contributed by atoms with Crippen LogP contribution in [0.25, 0.3) is 0 Å². The van der Waals surface area contributed by atoms with Crippen LogP contribution in [0.2, 0.25) is 20.1 Å². The first kappa shape index (κ1) is 66.4. The Kier molecular flexibility index (Phi) is 27.3. The Hall–Kier alpha value is -3.14. The van der Waals surface area contributed by atoms with E-state index in [1.807, 2.05) is 12.1 Å². The van der Waals surface area contributed by atoms with E-state index >= 15 is 0 Å². The SMILES string of the molecule is CN1Cc2c(Cl)cc(Cl)cc2[C@H](C2CCCC(S(=O)(=O)NCCOCCOCCOCCNC(=O)Nc3ccc(NC(=O)NCCOCCOCCOCCNS(=O)(=O)C4CCCC([C@@H]5CN(C)Cc6c(Cl)cc(Cl)cc65)C4)cc3)C2)C1. The summed E-state index contributed by atoms with van der Waals surface area (Å²) in [5.74, 6) is 0.770. The van der Waals surface area contributed by atoms with E-state index in [-0.39, 0.29) is 76.3 Å². The predicted molar refractivity (Wildman–Crippen MR) is 322 cm³/mol. The molecule has 2 aliphatic carbocycles. The molecule has 3 aromatic rings. The zero-order chi connectivity index (χ0) is 58.5. The number of sulfonamides is 2. The lowest BCUT2D eigenvalue weighted by molar-refractivity contribution is 0.0165. The van der Waals surface area contributed by atoms with Crippen LogP contribution in [0.15, 0.2) is 48.5 Å². The lowest BCUT2D eigenvalue weighted by Gasteiger charge is -2.40. The average molecular weight is 1270 g/mol. The van der Waals surface area contributed by atoms with Gasteiger partial charge in [-0.1, -0.05) is 59.2 Å². The van der Waals surface area contributed by atoms with Crippen molar-refractivity contribution in [3.63, 3.8) is 0 Å². The number of nitrogens with one attached hydrogen (secondary N) is 6. The molecule has 0 saturated heterocycles. The fraction of sp³-hybridized carbons (Fsp3) is 0.643. The van der Waals surface area contributed by atoms with Gasteiger partial charge in [-0.05, 0) is 147 Å². The largest absolute Gasteiger partial charge is 0.378 e. The molecule has 26 heteroatoms. The molecule has 2 saturated carbocycles. The molecule has 6 atom stereocenters. The molecule has 4 amide bonds. The van der Waals surface area contributed by atoms with Crippen LogP contribution in [0.4, 0.5) is 21.0 Å². The minimum Gasteiger partial charge on any atom is -0.378 e. The Labute approximate surface area is 504 Å². The normalized spacial score (nSPS) is 21.6. The van der Waals surface area contributed by atoms with Crippen LogP contribution in [0.5, 0.6) is 0 Å². The Balaban J connectivity index is 0.623.